The Kier molecular flexibility index (Phi) is 3.92. The summed E-state index contributed by atoms with van der Waals surface area (Å²) in [6.07, 6.45) is 0.225. The molecule has 6 nitrogen and oxygen atoms in total. The average molecular weight is 278 g/mol. The third kappa shape index (κ3) is 2.45. The van der Waals surface area contributed by atoms with Gasteiger partial charge in [0.1, 0.15) is 0 Å². The van der Waals surface area contributed by atoms with Crippen molar-refractivity contribution in [2.24, 2.45) is 5.92 Å². The van der Waals surface area contributed by atoms with Crippen molar-refractivity contribution in [1.82, 2.24) is 0 Å². The fourth-order valence-electron chi connectivity index (χ4n) is 2.27. The third-order valence-corrected chi connectivity index (χ3v) is 3.26. The maximum absolute atomic E-state index is 12.4. The quantitative estimate of drug-likeness (QED) is 0.627. The largest absolute Gasteiger partial charge is 0.478 e. The van der Waals surface area contributed by atoms with E-state index in [0.717, 1.165) is 6.42 Å². The smallest absolute Gasteiger partial charge is 0.273 e. The zero-order chi connectivity index (χ0) is 14.9. The molecule has 1 aromatic rings. The number of hydrogen-bond acceptors (Lipinski definition) is 4. The van der Waals surface area contributed by atoms with Crippen LogP contribution in [0.25, 0.3) is 0 Å². The molecule has 1 unspecified atom stereocenters. The van der Waals surface area contributed by atoms with E-state index in [2.05, 4.69) is 0 Å². The van der Waals surface area contributed by atoms with Gasteiger partial charge in [-0.15, -0.1) is 0 Å². The molecule has 20 heavy (non-hydrogen) atoms. The van der Waals surface area contributed by atoms with Crippen molar-refractivity contribution in [3.63, 3.8) is 0 Å². The van der Waals surface area contributed by atoms with Crippen LogP contribution >= 0.6 is 0 Å². The topological polar surface area (TPSA) is 72.7 Å². The highest BCUT2D eigenvalue weighted by atomic mass is 16.6. The highest BCUT2D eigenvalue weighted by Crippen LogP contribution is 2.38. The van der Waals surface area contributed by atoms with Crippen LogP contribution in [0.15, 0.2) is 18.2 Å². The summed E-state index contributed by atoms with van der Waals surface area (Å²) < 4.78 is 5.68. The minimum atomic E-state index is -0.587. The fourth-order valence-corrected chi connectivity index (χ4v) is 2.27. The Morgan fingerprint density at radius 3 is 2.70 bits per heavy atom. The van der Waals surface area contributed by atoms with Crippen molar-refractivity contribution in [3.8, 4) is 5.75 Å². The number of carbonyl (C=O) groups excluding carboxylic acids is 1. The van der Waals surface area contributed by atoms with Crippen molar-refractivity contribution in [1.29, 1.82) is 0 Å². The molecular formula is C14H18N2O4. The predicted octanol–water partition coefficient (Wildman–Crippen LogP) is 2.75. The second kappa shape index (κ2) is 5.48. The van der Waals surface area contributed by atoms with Crippen LogP contribution in [0.1, 0.15) is 27.2 Å². The van der Waals surface area contributed by atoms with Crippen LogP contribution in [0.5, 0.6) is 5.75 Å². The Labute approximate surface area is 117 Å². The minimum absolute atomic E-state index is 0.00858. The molecule has 1 aliphatic rings. The first-order chi connectivity index (χ1) is 9.45. The van der Waals surface area contributed by atoms with Crippen LogP contribution in [-0.4, -0.2) is 23.5 Å². The molecule has 0 spiro atoms. The number of carbonyl (C=O) groups is 1. The van der Waals surface area contributed by atoms with Crippen LogP contribution in [0.4, 0.5) is 11.4 Å². The molecule has 1 aromatic carbocycles. The lowest BCUT2D eigenvalue weighted by atomic mass is 10.0. The predicted molar refractivity (Wildman–Crippen MR) is 75.0 cm³/mol. The van der Waals surface area contributed by atoms with Gasteiger partial charge >= 0.3 is 0 Å². The van der Waals surface area contributed by atoms with E-state index < -0.39 is 11.0 Å². The molecule has 0 bridgehead atoms. The normalized spacial score (nSPS) is 17.9. The van der Waals surface area contributed by atoms with Crippen molar-refractivity contribution >= 4 is 17.3 Å². The van der Waals surface area contributed by atoms with Gasteiger partial charge < -0.3 is 9.64 Å². The molecule has 2 rings (SSSR count). The lowest BCUT2D eigenvalue weighted by Gasteiger charge is -2.35. The molecular weight excluding hydrogens is 260 g/mol. The Hall–Kier alpha value is -2.11. The van der Waals surface area contributed by atoms with E-state index in [1.165, 1.54) is 12.1 Å². The summed E-state index contributed by atoms with van der Waals surface area (Å²) in [6, 6.07) is 4.37. The van der Waals surface area contributed by atoms with Gasteiger partial charge in [-0.05, 0) is 18.4 Å². The van der Waals surface area contributed by atoms with Crippen LogP contribution < -0.4 is 9.64 Å². The molecule has 0 aromatic heterocycles. The molecule has 1 heterocycles. The number of rotatable bonds is 4. The molecule has 1 amide bonds. The van der Waals surface area contributed by atoms with Crippen LogP contribution in [0.3, 0.4) is 0 Å². The van der Waals surface area contributed by atoms with Gasteiger partial charge in [0, 0.05) is 12.6 Å². The zero-order valence-corrected chi connectivity index (χ0v) is 11.8. The van der Waals surface area contributed by atoms with Gasteiger partial charge in [-0.1, -0.05) is 20.8 Å². The molecule has 1 aliphatic heterocycles. The van der Waals surface area contributed by atoms with E-state index in [1.807, 2.05) is 20.8 Å². The molecule has 1 atom stereocenters. The highest BCUT2D eigenvalue weighted by molar-refractivity contribution is 6.00. The summed E-state index contributed by atoms with van der Waals surface area (Å²) in [5, 5.41) is 10.8. The minimum Gasteiger partial charge on any atom is -0.478 e. The van der Waals surface area contributed by atoms with Crippen molar-refractivity contribution in [3.05, 3.63) is 28.3 Å². The first-order valence-corrected chi connectivity index (χ1v) is 6.72. The van der Waals surface area contributed by atoms with Gasteiger partial charge in [0.05, 0.1) is 16.7 Å². The second-order valence-electron chi connectivity index (χ2n) is 5.18. The van der Waals surface area contributed by atoms with Crippen LogP contribution in [-0.2, 0) is 4.79 Å². The number of fused-ring (bicyclic) bond motifs is 1. The number of nitrogens with zero attached hydrogens (tertiary/aromatic N) is 2. The van der Waals surface area contributed by atoms with Crippen molar-refractivity contribution in [2.75, 3.05) is 11.4 Å². The van der Waals surface area contributed by atoms with Gasteiger partial charge in [0.25, 0.3) is 11.6 Å². The Morgan fingerprint density at radius 1 is 1.45 bits per heavy atom. The monoisotopic (exact) mass is 278 g/mol. The van der Waals surface area contributed by atoms with E-state index in [4.69, 9.17) is 4.74 Å². The van der Waals surface area contributed by atoms with E-state index in [1.54, 1.807) is 11.0 Å². The Balaban J connectivity index is 2.47. The maximum Gasteiger partial charge on any atom is 0.273 e. The molecule has 0 N–H and O–H groups in total. The summed E-state index contributed by atoms with van der Waals surface area (Å²) >= 11 is 0. The molecule has 0 fully saturated rings. The number of amides is 1. The first-order valence-electron chi connectivity index (χ1n) is 6.72. The number of hydrogen-bond donors (Lipinski definition) is 0. The van der Waals surface area contributed by atoms with E-state index in [-0.39, 0.29) is 17.5 Å². The van der Waals surface area contributed by atoms with Gasteiger partial charge in [-0.2, -0.15) is 0 Å². The summed E-state index contributed by atoms with van der Waals surface area (Å²) in [4.78, 5) is 24.4. The zero-order valence-electron chi connectivity index (χ0n) is 11.8. The summed E-state index contributed by atoms with van der Waals surface area (Å²) in [6.45, 7) is 6.36. The Morgan fingerprint density at radius 2 is 2.15 bits per heavy atom. The van der Waals surface area contributed by atoms with Gasteiger partial charge in [0.2, 0.25) is 0 Å². The highest BCUT2D eigenvalue weighted by Gasteiger charge is 2.36. The number of ether oxygens (including phenoxy) is 1. The summed E-state index contributed by atoms with van der Waals surface area (Å²) in [5.74, 6) is 0.337. The fraction of sp³-hybridized carbons (Fsp3) is 0.500. The van der Waals surface area contributed by atoms with Gasteiger partial charge in [-0.25, -0.2) is 0 Å². The molecule has 6 heteroatoms. The summed E-state index contributed by atoms with van der Waals surface area (Å²) in [5.41, 5.74) is 0.580. The first kappa shape index (κ1) is 14.3. The van der Waals surface area contributed by atoms with Gasteiger partial charge in [-0.3, -0.25) is 14.9 Å². The molecule has 0 radical (unpaired) electrons. The molecule has 108 valence electrons. The number of nitro benzene ring substituents is 1. The Bertz CT molecular complexity index is 542. The summed E-state index contributed by atoms with van der Waals surface area (Å²) in [7, 11) is 0. The lowest BCUT2D eigenvalue weighted by molar-refractivity contribution is -0.384. The van der Waals surface area contributed by atoms with Crippen molar-refractivity contribution < 1.29 is 14.5 Å². The number of benzene rings is 1. The van der Waals surface area contributed by atoms with Crippen LogP contribution in [0.2, 0.25) is 0 Å². The number of nitro groups is 1. The average Bonchev–Trinajstić information content (AvgIpc) is 2.40. The standard InChI is InChI=1S/C14H18N2O4/c1-4-7-15-11-6-5-10(16(18)19)8-12(11)20-13(9(2)3)14(15)17/h5-6,8-9,13H,4,7H2,1-3H3. The van der Waals surface area contributed by atoms with Crippen molar-refractivity contribution in [2.45, 2.75) is 33.3 Å². The molecule has 0 saturated heterocycles. The number of anilines is 1. The number of non-ortho nitro benzene ring substituents is 1. The third-order valence-electron chi connectivity index (χ3n) is 3.26. The second-order valence-corrected chi connectivity index (χ2v) is 5.18. The van der Waals surface area contributed by atoms with E-state index >= 15 is 0 Å². The van der Waals surface area contributed by atoms with Gasteiger partial charge in [0.15, 0.2) is 11.9 Å². The van der Waals surface area contributed by atoms with Crippen LogP contribution in [0, 0.1) is 16.0 Å². The SMILES string of the molecule is CCCN1C(=O)C(C(C)C)Oc2cc([N+](=O)[O-])ccc21. The van der Waals surface area contributed by atoms with E-state index in [0.29, 0.717) is 18.0 Å². The lowest BCUT2D eigenvalue weighted by Crippen LogP contribution is -2.48. The maximum atomic E-state index is 12.4. The van der Waals surface area contributed by atoms with E-state index in [9.17, 15) is 14.9 Å². The molecule has 0 saturated carbocycles. The molecule has 0 aliphatic carbocycles.